The lowest BCUT2D eigenvalue weighted by Crippen LogP contribution is -3.11. The van der Waals surface area contributed by atoms with Gasteiger partial charge in [-0.1, -0.05) is 0 Å². The maximum absolute atomic E-state index is 12.9. The van der Waals surface area contributed by atoms with Gasteiger partial charge in [0.15, 0.2) is 0 Å². The number of sulfonamides is 1. The number of likely N-dealkylation sites (N-methyl/N-ethyl adjacent to an activating group) is 1. The number of morpholine rings is 1. The molecule has 2 aliphatic heterocycles. The van der Waals surface area contributed by atoms with Gasteiger partial charge < -0.3 is 19.7 Å². The van der Waals surface area contributed by atoms with E-state index in [9.17, 15) is 18.0 Å². The first-order chi connectivity index (χ1) is 15.8. The first-order valence-electron chi connectivity index (χ1n) is 10.9. The molecule has 11 heteroatoms. The maximum atomic E-state index is 12.9. The molecule has 0 aliphatic carbocycles. The van der Waals surface area contributed by atoms with Crippen LogP contribution in [0.3, 0.4) is 0 Å². The minimum absolute atomic E-state index is 0.130. The summed E-state index contributed by atoms with van der Waals surface area (Å²) < 4.78 is 37.2. The van der Waals surface area contributed by atoms with Crippen molar-refractivity contribution in [2.75, 3.05) is 51.8 Å². The summed E-state index contributed by atoms with van der Waals surface area (Å²) in [7, 11) is -2.30. The number of hydrogen-bond donors (Lipinski definition) is 2. The lowest BCUT2D eigenvalue weighted by molar-refractivity contribution is -0.913. The Bertz CT molecular complexity index is 1140. The summed E-state index contributed by atoms with van der Waals surface area (Å²) in [6, 6.07) is 5.83. The normalized spacial score (nSPS) is 19.0. The number of nitrogens with zero attached hydrogens (tertiary/aromatic N) is 1. The number of rotatable bonds is 6. The third kappa shape index (κ3) is 4.82. The van der Waals surface area contributed by atoms with Gasteiger partial charge >= 0.3 is 5.97 Å². The molecule has 0 spiro atoms. The van der Waals surface area contributed by atoms with Gasteiger partial charge in [-0.3, -0.25) is 4.79 Å². The highest BCUT2D eigenvalue weighted by molar-refractivity contribution is 7.89. The van der Waals surface area contributed by atoms with Crippen molar-refractivity contribution in [3.63, 3.8) is 0 Å². The molecule has 9 nitrogen and oxygen atoms in total. The highest BCUT2D eigenvalue weighted by atomic mass is 32.2. The number of carbonyl (C=O) groups excluding carboxylic acids is 2. The van der Waals surface area contributed by atoms with Crippen molar-refractivity contribution >= 4 is 38.2 Å². The largest absolute Gasteiger partial charge is 0.465 e. The SMILES string of the molecule is CC[NH+]1CCc2c(sc(NC(=O)c3ccc(S(=O)(=O)N4CCOCC4)cc3)c2C(=O)OC)C1. The number of quaternary nitrogens is 1. The van der Waals surface area contributed by atoms with E-state index in [1.807, 2.05) is 0 Å². The molecule has 1 atom stereocenters. The van der Waals surface area contributed by atoms with Crippen LogP contribution in [0.5, 0.6) is 0 Å². The number of anilines is 1. The minimum Gasteiger partial charge on any atom is -0.465 e. The monoisotopic (exact) mass is 494 g/mol. The number of fused-ring (bicyclic) bond motifs is 1. The quantitative estimate of drug-likeness (QED) is 0.575. The molecule has 1 amide bonds. The van der Waals surface area contributed by atoms with Crippen LogP contribution < -0.4 is 10.2 Å². The van der Waals surface area contributed by atoms with Crippen LogP contribution in [0.15, 0.2) is 29.2 Å². The van der Waals surface area contributed by atoms with Crippen molar-refractivity contribution in [1.82, 2.24) is 4.31 Å². The number of thiophene rings is 1. The van der Waals surface area contributed by atoms with Crippen LogP contribution in [-0.4, -0.2) is 71.1 Å². The van der Waals surface area contributed by atoms with Crippen molar-refractivity contribution < 1.29 is 32.4 Å². The molecule has 1 aromatic heterocycles. The number of amides is 1. The highest BCUT2D eigenvalue weighted by Crippen LogP contribution is 2.35. The van der Waals surface area contributed by atoms with Crippen molar-refractivity contribution in [3.05, 3.63) is 45.8 Å². The Hall–Kier alpha value is -2.31. The van der Waals surface area contributed by atoms with E-state index in [1.165, 1.54) is 51.9 Å². The molecule has 2 aromatic rings. The number of benzene rings is 1. The van der Waals surface area contributed by atoms with Gasteiger partial charge in [0.1, 0.15) is 11.5 Å². The Morgan fingerprint density at radius 2 is 1.91 bits per heavy atom. The zero-order valence-electron chi connectivity index (χ0n) is 18.7. The van der Waals surface area contributed by atoms with Crippen LogP contribution in [0.2, 0.25) is 0 Å². The van der Waals surface area contributed by atoms with Crippen LogP contribution >= 0.6 is 11.3 Å². The number of esters is 1. The highest BCUT2D eigenvalue weighted by Gasteiger charge is 2.31. The van der Waals surface area contributed by atoms with E-state index in [2.05, 4.69) is 12.2 Å². The van der Waals surface area contributed by atoms with Gasteiger partial charge in [0.05, 0.1) is 48.7 Å². The van der Waals surface area contributed by atoms with E-state index < -0.39 is 21.9 Å². The minimum atomic E-state index is -3.63. The van der Waals surface area contributed by atoms with Crippen LogP contribution in [0.25, 0.3) is 0 Å². The van der Waals surface area contributed by atoms with E-state index in [-0.39, 0.29) is 4.90 Å². The van der Waals surface area contributed by atoms with Gasteiger partial charge in [-0.25, -0.2) is 13.2 Å². The molecule has 0 bridgehead atoms. The lowest BCUT2D eigenvalue weighted by atomic mass is 10.0. The third-order valence-electron chi connectivity index (χ3n) is 6.07. The standard InChI is InChI=1S/C22H27N3O6S2/c1-3-24-9-8-17-18(14-24)32-21(19(17)22(27)30-2)23-20(26)15-4-6-16(7-5-15)33(28,29)25-10-12-31-13-11-25/h4-7H,3,8-14H2,1-2H3,(H,23,26)/p+1. The summed E-state index contributed by atoms with van der Waals surface area (Å²) in [6.07, 6.45) is 0.753. The van der Waals surface area contributed by atoms with Gasteiger partial charge in [0.25, 0.3) is 5.91 Å². The number of methoxy groups -OCH3 is 1. The predicted octanol–water partition coefficient (Wildman–Crippen LogP) is 0.769. The number of ether oxygens (including phenoxy) is 2. The van der Waals surface area contributed by atoms with Gasteiger partial charge in [-0.2, -0.15) is 4.31 Å². The number of hydrogen-bond acceptors (Lipinski definition) is 7. The Morgan fingerprint density at radius 1 is 1.21 bits per heavy atom. The zero-order valence-corrected chi connectivity index (χ0v) is 20.3. The van der Waals surface area contributed by atoms with Gasteiger partial charge in [0, 0.05) is 25.1 Å². The van der Waals surface area contributed by atoms with Crippen LogP contribution in [-0.2, 0) is 32.5 Å². The average Bonchev–Trinajstić information content (AvgIpc) is 3.20. The molecule has 0 saturated carbocycles. The second kappa shape index (κ2) is 9.90. The van der Waals surface area contributed by atoms with Crippen LogP contribution in [0, 0.1) is 0 Å². The first-order valence-corrected chi connectivity index (χ1v) is 13.2. The topological polar surface area (TPSA) is 106 Å². The number of nitrogens with one attached hydrogen (secondary N) is 2. The molecule has 3 heterocycles. The number of carbonyl (C=O) groups is 2. The molecule has 1 saturated heterocycles. The van der Waals surface area contributed by atoms with Gasteiger partial charge in [0.2, 0.25) is 10.0 Å². The molecule has 178 valence electrons. The Balaban J connectivity index is 1.55. The summed E-state index contributed by atoms with van der Waals surface area (Å²) in [5.74, 6) is -0.872. The Labute approximate surface area is 197 Å². The fourth-order valence-electron chi connectivity index (χ4n) is 4.13. The van der Waals surface area contributed by atoms with Crippen molar-refractivity contribution in [2.24, 2.45) is 0 Å². The molecule has 33 heavy (non-hydrogen) atoms. The molecule has 0 radical (unpaired) electrons. The van der Waals surface area contributed by atoms with Crippen molar-refractivity contribution in [2.45, 2.75) is 24.8 Å². The van der Waals surface area contributed by atoms with E-state index in [4.69, 9.17) is 9.47 Å². The molecular formula is C22H28N3O6S2+. The van der Waals surface area contributed by atoms with Crippen LogP contribution in [0.4, 0.5) is 5.00 Å². The second-order valence-electron chi connectivity index (χ2n) is 7.97. The average molecular weight is 495 g/mol. The fourth-order valence-corrected chi connectivity index (χ4v) is 6.84. The van der Waals surface area contributed by atoms with Gasteiger partial charge in [-0.15, -0.1) is 11.3 Å². The first kappa shape index (κ1) is 23.8. The lowest BCUT2D eigenvalue weighted by Gasteiger charge is -2.26. The maximum Gasteiger partial charge on any atom is 0.341 e. The Kier molecular flexibility index (Phi) is 7.15. The van der Waals surface area contributed by atoms with Gasteiger partial charge in [-0.05, 0) is 36.8 Å². The summed E-state index contributed by atoms with van der Waals surface area (Å²) in [4.78, 5) is 28.1. The summed E-state index contributed by atoms with van der Waals surface area (Å²) in [5.41, 5.74) is 1.68. The van der Waals surface area contributed by atoms with E-state index in [1.54, 1.807) is 0 Å². The molecular weight excluding hydrogens is 466 g/mol. The molecule has 2 aliphatic rings. The summed E-state index contributed by atoms with van der Waals surface area (Å²) in [5, 5.41) is 3.32. The third-order valence-corrected chi connectivity index (χ3v) is 9.13. The predicted molar refractivity (Wildman–Crippen MR) is 123 cm³/mol. The van der Waals surface area contributed by atoms with E-state index in [0.29, 0.717) is 42.4 Å². The molecule has 1 aromatic carbocycles. The van der Waals surface area contributed by atoms with Crippen molar-refractivity contribution in [1.29, 1.82) is 0 Å². The molecule has 1 fully saturated rings. The molecule has 2 N–H and O–H groups in total. The Morgan fingerprint density at radius 3 is 2.55 bits per heavy atom. The van der Waals surface area contributed by atoms with E-state index in [0.717, 1.165) is 36.5 Å². The fraction of sp³-hybridized carbons (Fsp3) is 0.455. The van der Waals surface area contributed by atoms with Crippen molar-refractivity contribution in [3.8, 4) is 0 Å². The molecule has 4 rings (SSSR count). The van der Waals surface area contributed by atoms with E-state index >= 15 is 0 Å². The molecule has 1 unspecified atom stereocenters. The van der Waals surface area contributed by atoms with Crippen LogP contribution in [0.1, 0.15) is 38.1 Å². The summed E-state index contributed by atoms with van der Waals surface area (Å²) in [6.45, 7) is 6.20. The second-order valence-corrected chi connectivity index (χ2v) is 11.0. The zero-order chi connectivity index (χ0) is 23.6. The smallest absolute Gasteiger partial charge is 0.341 e. The summed E-state index contributed by atoms with van der Waals surface area (Å²) >= 11 is 1.41.